The van der Waals surface area contributed by atoms with Crippen molar-refractivity contribution in [2.24, 2.45) is 0 Å². The SMILES string of the molecule is CNc1nccc2sc3c(=O)n(-c4ccc(OC)cc4)cnc3c12. The normalized spacial score (nSPS) is 11.1. The Hall–Kier alpha value is -2.93. The van der Waals surface area contributed by atoms with Crippen molar-refractivity contribution in [2.45, 2.75) is 0 Å². The van der Waals surface area contributed by atoms with Gasteiger partial charge in [0.15, 0.2) is 0 Å². The monoisotopic (exact) mass is 338 g/mol. The van der Waals surface area contributed by atoms with Crippen LogP contribution in [0, 0.1) is 0 Å². The number of methoxy groups -OCH3 is 1. The summed E-state index contributed by atoms with van der Waals surface area (Å²) in [6.45, 7) is 0. The van der Waals surface area contributed by atoms with E-state index in [1.165, 1.54) is 11.3 Å². The average molecular weight is 338 g/mol. The summed E-state index contributed by atoms with van der Waals surface area (Å²) in [5.74, 6) is 1.47. The maximum Gasteiger partial charge on any atom is 0.275 e. The Balaban J connectivity index is 1.98. The van der Waals surface area contributed by atoms with Crippen LogP contribution in [0.25, 0.3) is 26.0 Å². The van der Waals surface area contributed by atoms with Gasteiger partial charge in [0.2, 0.25) is 0 Å². The van der Waals surface area contributed by atoms with Crippen molar-refractivity contribution in [3.05, 3.63) is 53.2 Å². The lowest BCUT2D eigenvalue weighted by Crippen LogP contribution is -2.17. The Morgan fingerprint density at radius 1 is 1.17 bits per heavy atom. The van der Waals surface area contributed by atoms with Crippen LogP contribution in [0.2, 0.25) is 0 Å². The molecule has 0 bridgehead atoms. The predicted molar refractivity (Wildman–Crippen MR) is 96.6 cm³/mol. The molecule has 0 unspecified atom stereocenters. The van der Waals surface area contributed by atoms with E-state index in [-0.39, 0.29) is 5.56 Å². The minimum Gasteiger partial charge on any atom is -0.497 e. The third kappa shape index (κ3) is 2.13. The van der Waals surface area contributed by atoms with E-state index in [0.29, 0.717) is 10.2 Å². The highest BCUT2D eigenvalue weighted by molar-refractivity contribution is 7.25. The number of benzene rings is 1. The van der Waals surface area contributed by atoms with E-state index in [9.17, 15) is 4.79 Å². The first-order valence-corrected chi connectivity index (χ1v) is 8.15. The molecule has 0 aliphatic carbocycles. The topological polar surface area (TPSA) is 69.0 Å². The molecule has 4 rings (SSSR count). The van der Waals surface area contributed by atoms with E-state index in [0.717, 1.165) is 27.3 Å². The van der Waals surface area contributed by atoms with E-state index in [4.69, 9.17) is 4.74 Å². The largest absolute Gasteiger partial charge is 0.497 e. The van der Waals surface area contributed by atoms with Gasteiger partial charge in [-0.15, -0.1) is 11.3 Å². The molecule has 0 aliphatic rings. The maximum absolute atomic E-state index is 12.9. The van der Waals surface area contributed by atoms with E-state index in [1.54, 1.807) is 24.2 Å². The van der Waals surface area contributed by atoms with E-state index in [2.05, 4.69) is 15.3 Å². The number of anilines is 1. The van der Waals surface area contributed by atoms with Crippen LogP contribution < -0.4 is 15.6 Å². The molecule has 120 valence electrons. The third-order valence-corrected chi connectivity index (χ3v) is 5.01. The van der Waals surface area contributed by atoms with Crippen LogP contribution >= 0.6 is 11.3 Å². The summed E-state index contributed by atoms with van der Waals surface area (Å²) < 4.78 is 8.31. The number of rotatable bonds is 3. The number of pyridine rings is 1. The lowest BCUT2D eigenvalue weighted by molar-refractivity contribution is 0.414. The zero-order valence-electron chi connectivity index (χ0n) is 13.1. The number of hydrogen-bond acceptors (Lipinski definition) is 6. The molecule has 0 fully saturated rings. The molecule has 0 saturated carbocycles. The molecule has 3 aromatic heterocycles. The molecule has 3 heterocycles. The van der Waals surface area contributed by atoms with Gasteiger partial charge in [0.1, 0.15) is 22.6 Å². The van der Waals surface area contributed by atoms with Crippen LogP contribution in [0.4, 0.5) is 5.82 Å². The number of nitrogens with zero attached hydrogens (tertiary/aromatic N) is 3. The third-order valence-electron chi connectivity index (χ3n) is 3.88. The Morgan fingerprint density at radius 3 is 2.67 bits per heavy atom. The first kappa shape index (κ1) is 14.6. The number of fused-ring (bicyclic) bond motifs is 3. The second-order valence-corrected chi connectivity index (χ2v) is 6.23. The predicted octanol–water partition coefficient (Wildman–Crippen LogP) is 3.05. The summed E-state index contributed by atoms with van der Waals surface area (Å²) in [6.07, 6.45) is 3.29. The fraction of sp³-hybridized carbons (Fsp3) is 0.118. The molecule has 6 nitrogen and oxygen atoms in total. The van der Waals surface area contributed by atoms with Gasteiger partial charge in [-0.25, -0.2) is 9.97 Å². The molecule has 4 aromatic rings. The van der Waals surface area contributed by atoms with Crippen LogP contribution in [0.1, 0.15) is 0 Å². The molecule has 24 heavy (non-hydrogen) atoms. The van der Waals surface area contributed by atoms with Crippen LogP contribution in [0.3, 0.4) is 0 Å². The van der Waals surface area contributed by atoms with Gasteiger partial charge >= 0.3 is 0 Å². The molecule has 0 aliphatic heterocycles. The highest BCUT2D eigenvalue weighted by atomic mass is 32.1. The second kappa shape index (κ2) is 5.61. The van der Waals surface area contributed by atoms with Crippen LogP contribution in [0.5, 0.6) is 5.75 Å². The molecule has 0 saturated heterocycles. The van der Waals surface area contributed by atoms with Gasteiger partial charge in [-0.2, -0.15) is 0 Å². The van der Waals surface area contributed by atoms with Gasteiger partial charge in [0, 0.05) is 17.9 Å². The Bertz CT molecular complexity index is 1100. The van der Waals surface area contributed by atoms with E-state index < -0.39 is 0 Å². The molecule has 0 amide bonds. The quantitative estimate of drug-likeness (QED) is 0.622. The first-order valence-electron chi connectivity index (χ1n) is 7.34. The van der Waals surface area contributed by atoms with Crippen LogP contribution in [-0.2, 0) is 0 Å². The van der Waals surface area contributed by atoms with Crippen LogP contribution in [-0.4, -0.2) is 28.7 Å². The van der Waals surface area contributed by atoms with Crippen molar-refractivity contribution in [3.8, 4) is 11.4 Å². The number of ether oxygens (including phenoxy) is 1. The highest BCUT2D eigenvalue weighted by Crippen LogP contribution is 2.34. The molecular weight excluding hydrogens is 324 g/mol. The highest BCUT2D eigenvalue weighted by Gasteiger charge is 2.15. The first-order chi connectivity index (χ1) is 11.7. The Kier molecular flexibility index (Phi) is 3.42. The summed E-state index contributed by atoms with van der Waals surface area (Å²) in [6, 6.07) is 9.21. The number of thiophene rings is 1. The van der Waals surface area contributed by atoms with Crippen molar-refractivity contribution in [2.75, 3.05) is 19.5 Å². The van der Waals surface area contributed by atoms with Gasteiger partial charge in [0.05, 0.1) is 23.7 Å². The summed E-state index contributed by atoms with van der Waals surface area (Å²) in [5, 5.41) is 3.95. The summed E-state index contributed by atoms with van der Waals surface area (Å²) in [5.41, 5.74) is 1.34. The van der Waals surface area contributed by atoms with Gasteiger partial charge in [-0.3, -0.25) is 9.36 Å². The molecular formula is C17H14N4O2S. The molecule has 7 heteroatoms. The Labute approximate surface area is 141 Å². The summed E-state index contributed by atoms with van der Waals surface area (Å²) in [7, 11) is 3.42. The fourth-order valence-electron chi connectivity index (χ4n) is 2.69. The van der Waals surface area contributed by atoms with Crippen molar-refractivity contribution in [3.63, 3.8) is 0 Å². The minimum atomic E-state index is -0.0894. The van der Waals surface area contributed by atoms with Crippen molar-refractivity contribution in [1.29, 1.82) is 0 Å². The van der Waals surface area contributed by atoms with Gasteiger partial charge in [-0.05, 0) is 30.3 Å². The van der Waals surface area contributed by atoms with Crippen LogP contribution in [0.15, 0.2) is 47.7 Å². The molecule has 1 aromatic carbocycles. The number of aromatic nitrogens is 3. The van der Waals surface area contributed by atoms with E-state index >= 15 is 0 Å². The molecule has 0 spiro atoms. The lowest BCUT2D eigenvalue weighted by Gasteiger charge is -2.06. The van der Waals surface area contributed by atoms with Crippen molar-refractivity contribution in [1.82, 2.24) is 14.5 Å². The molecule has 0 atom stereocenters. The standard InChI is InChI=1S/C17H14N4O2S/c1-18-16-13-12(7-8-19-16)24-15-14(13)20-9-21(17(15)22)10-3-5-11(23-2)6-4-10/h3-9H,1-2H3,(H,18,19). The van der Waals surface area contributed by atoms with Gasteiger partial charge < -0.3 is 10.1 Å². The number of nitrogens with one attached hydrogen (secondary N) is 1. The van der Waals surface area contributed by atoms with Crippen molar-refractivity contribution >= 4 is 37.5 Å². The molecule has 0 radical (unpaired) electrons. The lowest BCUT2D eigenvalue weighted by atomic mass is 10.2. The smallest absolute Gasteiger partial charge is 0.275 e. The summed E-state index contributed by atoms with van der Waals surface area (Å²) in [4.78, 5) is 21.7. The average Bonchev–Trinajstić information content (AvgIpc) is 3.02. The number of hydrogen-bond donors (Lipinski definition) is 1. The summed E-state index contributed by atoms with van der Waals surface area (Å²) >= 11 is 1.43. The van der Waals surface area contributed by atoms with Crippen molar-refractivity contribution < 1.29 is 4.74 Å². The zero-order valence-corrected chi connectivity index (χ0v) is 13.9. The van der Waals surface area contributed by atoms with Gasteiger partial charge in [0.25, 0.3) is 5.56 Å². The Morgan fingerprint density at radius 2 is 1.96 bits per heavy atom. The second-order valence-electron chi connectivity index (χ2n) is 5.18. The fourth-order valence-corrected chi connectivity index (χ4v) is 3.77. The van der Waals surface area contributed by atoms with E-state index in [1.807, 2.05) is 37.4 Å². The molecule has 1 N–H and O–H groups in total. The maximum atomic E-state index is 12.9. The zero-order chi connectivity index (χ0) is 16.7. The van der Waals surface area contributed by atoms with Gasteiger partial charge in [-0.1, -0.05) is 0 Å². The minimum absolute atomic E-state index is 0.0894.